The molecule has 0 aliphatic heterocycles. The molecule has 0 bridgehead atoms. The highest BCUT2D eigenvalue weighted by molar-refractivity contribution is 5.13. The lowest BCUT2D eigenvalue weighted by Crippen LogP contribution is -2.01. The van der Waals surface area contributed by atoms with Crippen molar-refractivity contribution >= 4 is 0 Å². The number of unbranched alkanes of at least 4 members (excludes halogenated alkanes) is 18. The predicted molar refractivity (Wildman–Crippen MR) is 138 cm³/mol. The van der Waals surface area contributed by atoms with Gasteiger partial charge in [-0.3, -0.25) is 0 Å². The maximum absolute atomic E-state index is 4.59. The molecule has 0 spiro atoms. The van der Waals surface area contributed by atoms with Crippen LogP contribution in [-0.4, -0.2) is 9.97 Å². The number of hydrogen-bond donors (Lipinski definition) is 0. The summed E-state index contributed by atoms with van der Waals surface area (Å²) in [5, 5.41) is 0. The van der Waals surface area contributed by atoms with Crippen LogP contribution in [0, 0.1) is 6.92 Å². The van der Waals surface area contributed by atoms with Gasteiger partial charge in [0.05, 0.1) is 0 Å². The smallest absolute Gasteiger partial charge is 0.129 e. The van der Waals surface area contributed by atoms with Gasteiger partial charge in [-0.1, -0.05) is 129 Å². The summed E-state index contributed by atoms with van der Waals surface area (Å²) in [5.74, 6) is 0.714. The standard InChI is InChI=1S/C29H53N2/c1-4-6-8-10-12-14-16-18-20-22-24-28-26-29(31-27(3)30-28)25-23-21-19-17-15-13-11-9-7-5-2/h26H,3-25H2,1-2H3. The van der Waals surface area contributed by atoms with E-state index in [2.05, 4.69) is 36.8 Å². The van der Waals surface area contributed by atoms with Crippen LogP contribution in [-0.2, 0) is 12.8 Å². The van der Waals surface area contributed by atoms with Crippen molar-refractivity contribution in [2.75, 3.05) is 0 Å². The molecular formula is C29H53N2. The molecule has 1 heterocycles. The molecule has 0 saturated heterocycles. The predicted octanol–water partition coefficient (Wildman–Crippen LogP) is 9.59. The molecule has 2 heteroatoms. The van der Waals surface area contributed by atoms with E-state index < -0.39 is 0 Å². The number of aromatic nitrogens is 2. The van der Waals surface area contributed by atoms with Crippen LogP contribution < -0.4 is 0 Å². The first kappa shape index (κ1) is 28.1. The van der Waals surface area contributed by atoms with Crippen molar-refractivity contribution in [2.24, 2.45) is 0 Å². The van der Waals surface area contributed by atoms with E-state index in [-0.39, 0.29) is 0 Å². The zero-order valence-corrected chi connectivity index (χ0v) is 21.2. The number of rotatable bonds is 22. The molecule has 0 amide bonds. The van der Waals surface area contributed by atoms with Crippen LogP contribution in [0.15, 0.2) is 6.07 Å². The highest BCUT2D eigenvalue weighted by Gasteiger charge is 2.03. The van der Waals surface area contributed by atoms with Crippen molar-refractivity contribution in [1.29, 1.82) is 0 Å². The Labute approximate surface area is 195 Å². The van der Waals surface area contributed by atoms with Crippen LogP contribution in [0.1, 0.15) is 159 Å². The Bertz CT molecular complexity index is 469. The summed E-state index contributed by atoms with van der Waals surface area (Å²) in [5.41, 5.74) is 2.42. The van der Waals surface area contributed by atoms with Gasteiger partial charge in [0, 0.05) is 18.3 Å². The van der Waals surface area contributed by atoms with Crippen LogP contribution in [0.2, 0.25) is 0 Å². The summed E-state index contributed by atoms with van der Waals surface area (Å²) >= 11 is 0. The van der Waals surface area contributed by atoms with Gasteiger partial charge in [-0.2, -0.15) is 0 Å². The van der Waals surface area contributed by atoms with Gasteiger partial charge in [0.25, 0.3) is 0 Å². The van der Waals surface area contributed by atoms with E-state index in [9.17, 15) is 0 Å². The van der Waals surface area contributed by atoms with Crippen molar-refractivity contribution in [3.05, 3.63) is 30.2 Å². The molecule has 1 rings (SSSR count). The van der Waals surface area contributed by atoms with Gasteiger partial charge in [-0.15, -0.1) is 0 Å². The third kappa shape index (κ3) is 17.3. The second-order valence-electron chi connectivity index (χ2n) is 9.63. The highest BCUT2D eigenvalue weighted by atomic mass is 14.9. The zero-order valence-electron chi connectivity index (χ0n) is 21.2. The fraction of sp³-hybridized carbons (Fsp3) is 0.828. The summed E-state index contributed by atoms with van der Waals surface area (Å²) in [6.07, 6.45) is 29.9. The molecule has 0 unspecified atom stereocenters. The Hall–Kier alpha value is -0.920. The van der Waals surface area contributed by atoms with E-state index in [4.69, 9.17) is 0 Å². The lowest BCUT2D eigenvalue weighted by atomic mass is 10.0. The molecule has 2 nitrogen and oxygen atoms in total. The molecule has 179 valence electrons. The van der Waals surface area contributed by atoms with Gasteiger partial charge in [0.1, 0.15) is 5.82 Å². The lowest BCUT2D eigenvalue weighted by molar-refractivity contribution is 0.553. The minimum Gasteiger partial charge on any atom is -0.238 e. The minimum absolute atomic E-state index is 0.714. The molecule has 0 aliphatic carbocycles. The lowest BCUT2D eigenvalue weighted by Gasteiger charge is -2.07. The number of nitrogens with zero attached hydrogens (tertiary/aromatic N) is 2. The van der Waals surface area contributed by atoms with Gasteiger partial charge >= 0.3 is 0 Å². The van der Waals surface area contributed by atoms with Gasteiger partial charge in [-0.25, -0.2) is 9.97 Å². The normalized spacial score (nSPS) is 11.3. The first-order chi connectivity index (χ1) is 15.3. The van der Waals surface area contributed by atoms with E-state index in [1.54, 1.807) is 0 Å². The average molecular weight is 430 g/mol. The maximum Gasteiger partial charge on any atom is 0.129 e. The third-order valence-electron chi connectivity index (χ3n) is 6.45. The van der Waals surface area contributed by atoms with Gasteiger partial charge in [0.2, 0.25) is 0 Å². The molecule has 31 heavy (non-hydrogen) atoms. The van der Waals surface area contributed by atoms with E-state index in [0.29, 0.717) is 5.82 Å². The van der Waals surface area contributed by atoms with Crippen LogP contribution in [0.3, 0.4) is 0 Å². The van der Waals surface area contributed by atoms with Gasteiger partial charge < -0.3 is 0 Å². The Morgan fingerprint density at radius 2 is 0.774 bits per heavy atom. The summed E-state index contributed by atoms with van der Waals surface area (Å²) in [4.78, 5) is 9.17. The molecule has 0 atom stereocenters. The largest absolute Gasteiger partial charge is 0.238 e. The minimum atomic E-state index is 0.714. The Balaban J connectivity index is 2.06. The van der Waals surface area contributed by atoms with E-state index in [1.165, 1.54) is 140 Å². The summed E-state index contributed by atoms with van der Waals surface area (Å²) < 4.78 is 0. The van der Waals surface area contributed by atoms with Crippen molar-refractivity contribution < 1.29 is 0 Å². The first-order valence-electron chi connectivity index (χ1n) is 13.9. The van der Waals surface area contributed by atoms with Crippen LogP contribution >= 0.6 is 0 Å². The SMILES string of the molecule is [CH2]c1nc(CCCCCCCCCCCC)cc(CCCCCCCCCCCC)n1. The van der Waals surface area contributed by atoms with Gasteiger partial charge in [-0.05, 0) is 31.7 Å². The molecule has 1 radical (unpaired) electrons. The number of aryl methyl sites for hydroxylation is 2. The van der Waals surface area contributed by atoms with Crippen LogP contribution in [0.4, 0.5) is 0 Å². The molecular weight excluding hydrogens is 376 g/mol. The Morgan fingerprint density at radius 1 is 0.484 bits per heavy atom. The van der Waals surface area contributed by atoms with Crippen LogP contribution in [0.25, 0.3) is 0 Å². The summed E-state index contributed by atoms with van der Waals surface area (Å²) in [6, 6.07) is 2.25. The highest BCUT2D eigenvalue weighted by Crippen LogP contribution is 2.14. The monoisotopic (exact) mass is 429 g/mol. The molecule has 1 aromatic heterocycles. The fourth-order valence-electron chi connectivity index (χ4n) is 4.46. The molecule has 0 N–H and O–H groups in total. The van der Waals surface area contributed by atoms with Crippen molar-refractivity contribution in [3.63, 3.8) is 0 Å². The first-order valence-corrected chi connectivity index (χ1v) is 13.9. The molecule has 0 aliphatic rings. The van der Waals surface area contributed by atoms with Gasteiger partial charge in [0.15, 0.2) is 0 Å². The summed E-state index contributed by atoms with van der Waals surface area (Å²) in [7, 11) is 0. The van der Waals surface area contributed by atoms with E-state index in [1.807, 2.05) is 0 Å². The second-order valence-corrected chi connectivity index (χ2v) is 9.63. The van der Waals surface area contributed by atoms with E-state index in [0.717, 1.165) is 12.8 Å². The van der Waals surface area contributed by atoms with Crippen LogP contribution in [0.5, 0.6) is 0 Å². The topological polar surface area (TPSA) is 25.8 Å². The molecule has 0 aromatic carbocycles. The van der Waals surface area contributed by atoms with Crippen molar-refractivity contribution in [3.8, 4) is 0 Å². The quantitative estimate of drug-likeness (QED) is 0.171. The average Bonchev–Trinajstić information content (AvgIpc) is 2.76. The second kappa shape index (κ2) is 21.0. The molecule has 0 fully saturated rings. The maximum atomic E-state index is 4.59. The Morgan fingerprint density at radius 3 is 1.10 bits per heavy atom. The zero-order chi connectivity index (χ0) is 22.4. The number of hydrogen-bond acceptors (Lipinski definition) is 2. The fourth-order valence-corrected chi connectivity index (χ4v) is 4.46. The van der Waals surface area contributed by atoms with Crippen molar-refractivity contribution in [1.82, 2.24) is 9.97 Å². The summed E-state index contributed by atoms with van der Waals surface area (Å²) in [6.45, 7) is 8.59. The third-order valence-corrected chi connectivity index (χ3v) is 6.45. The molecule has 1 aromatic rings. The van der Waals surface area contributed by atoms with E-state index >= 15 is 0 Å². The molecule has 0 saturated carbocycles. The van der Waals surface area contributed by atoms with Crippen molar-refractivity contribution in [2.45, 2.75) is 155 Å². The Kier molecular flexibility index (Phi) is 19.0.